The molecule has 0 spiro atoms. The highest BCUT2D eigenvalue weighted by Crippen LogP contribution is 2.58. The molecule has 340 valence electrons. The predicted octanol–water partition coefficient (Wildman–Crippen LogP) is 18.5. The van der Waals surface area contributed by atoms with Crippen molar-refractivity contribution in [3.05, 3.63) is 252 Å². The van der Waals surface area contributed by atoms with Crippen LogP contribution in [0, 0.1) is 0 Å². The minimum absolute atomic E-state index is 0.0807. The number of aromatic nitrogens is 1. The Bertz CT molecular complexity index is 3990. The van der Waals surface area contributed by atoms with Crippen LogP contribution in [0.15, 0.2) is 218 Å². The third-order valence-electron chi connectivity index (χ3n) is 16.8. The summed E-state index contributed by atoms with van der Waals surface area (Å²) in [6.07, 6.45) is 0. The number of fused-ring (bicyclic) bond motifs is 12. The zero-order valence-corrected chi connectivity index (χ0v) is 41.2. The highest BCUT2D eigenvalue weighted by molar-refractivity contribution is 6.11. The van der Waals surface area contributed by atoms with E-state index >= 15 is 0 Å². The summed E-state index contributed by atoms with van der Waals surface area (Å²) in [7, 11) is 0. The third kappa shape index (κ3) is 5.95. The van der Waals surface area contributed by atoms with E-state index < -0.39 is 0 Å². The summed E-state index contributed by atoms with van der Waals surface area (Å²) >= 11 is 0. The van der Waals surface area contributed by atoms with Crippen LogP contribution in [-0.2, 0) is 16.2 Å². The highest BCUT2D eigenvalue weighted by Gasteiger charge is 2.43. The summed E-state index contributed by atoms with van der Waals surface area (Å²) in [6.45, 7) is 14.3. The smallest absolute Gasteiger partial charge is 0.0543 e. The van der Waals surface area contributed by atoms with E-state index in [1.807, 2.05) is 0 Å². The van der Waals surface area contributed by atoms with Crippen LogP contribution in [-0.4, -0.2) is 4.57 Å². The van der Waals surface area contributed by atoms with Crippen LogP contribution in [0.3, 0.4) is 0 Å². The maximum absolute atomic E-state index is 2.54. The fourth-order valence-electron chi connectivity index (χ4n) is 13.1. The molecule has 1 aromatic heterocycles. The number of anilines is 3. The molecule has 14 rings (SSSR count). The topological polar surface area (TPSA) is 8.17 Å². The van der Waals surface area contributed by atoms with E-state index in [1.54, 1.807) is 0 Å². The first-order valence-electron chi connectivity index (χ1n) is 25.3. The average Bonchev–Trinajstić information content (AvgIpc) is 4.02. The highest BCUT2D eigenvalue weighted by atomic mass is 15.1. The Kier molecular flexibility index (Phi) is 8.76. The average molecular weight is 911 g/mol. The number of nitrogens with zero attached hydrogens (tertiary/aromatic N) is 2. The van der Waals surface area contributed by atoms with E-state index in [1.165, 1.54) is 117 Å². The van der Waals surface area contributed by atoms with E-state index in [9.17, 15) is 0 Å². The van der Waals surface area contributed by atoms with Gasteiger partial charge >= 0.3 is 0 Å². The number of hydrogen-bond donors (Lipinski definition) is 0. The van der Waals surface area contributed by atoms with Crippen molar-refractivity contribution < 1.29 is 0 Å². The quantitative estimate of drug-likeness (QED) is 0.161. The Hall–Kier alpha value is -8.20. The lowest BCUT2D eigenvalue weighted by Crippen LogP contribution is -2.17. The molecule has 3 aliphatic carbocycles. The molecule has 71 heavy (non-hydrogen) atoms. The van der Waals surface area contributed by atoms with Gasteiger partial charge in [0, 0.05) is 49.6 Å². The molecule has 2 nitrogen and oxygen atoms in total. The third-order valence-corrected chi connectivity index (χ3v) is 16.8. The summed E-state index contributed by atoms with van der Waals surface area (Å²) in [4.78, 5) is 2.42. The maximum Gasteiger partial charge on any atom is 0.0543 e. The Morgan fingerprint density at radius 1 is 0.296 bits per heavy atom. The maximum atomic E-state index is 2.54. The van der Waals surface area contributed by atoms with Gasteiger partial charge in [-0.1, -0.05) is 187 Å². The van der Waals surface area contributed by atoms with Gasteiger partial charge in [-0.2, -0.15) is 0 Å². The van der Waals surface area contributed by atoms with E-state index in [4.69, 9.17) is 0 Å². The van der Waals surface area contributed by atoms with E-state index in [0.29, 0.717) is 0 Å². The molecule has 10 aromatic carbocycles. The van der Waals surface area contributed by atoms with Crippen molar-refractivity contribution in [3.63, 3.8) is 0 Å². The summed E-state index contributed by atoms with van der Waals surface area (Å²) in [5.74, 6) is 0. The van der Waals surface area contributed by atoms with Gasteiger partial charge in [0.1, 0.15) is 0 Å². The van der Waals surface area contributed by atoms with Crippen LogP contribution in [0.4, 0.5) is 17.1 Å². The van der Waals surface area contributed by atoms with Crippen molar-refractivity contribution in [1.82, 2.24) is 4.57 Å². The van der Waals surface area contributed by atoms with Gasteiger partial charge in [0.2, 0.25) is 0 Å². The zero-order chi connectivity index (χ0) is 48.0. The molecule has 1 heterocycles. The second-order valence-corrected chi connectivity index (χ2v) is 21.7. The van der Waals surface area contributed by atoms with Gasteiger partial charge in [0.15, 0.2) is 0 Å². The Labute approximate surface area is 417 Å². The lowest BCUT2D eigenvalue weighted by molar-refractivity contribution is 0.652. The normalized spacial score (nSPS) is 15.0. The molecule has 0 saturated carbocycles. The summed E-state index contributed by atoms with van der Waals surface area (Å²) < 4.78 is 2.53. The van der Waals surface area contributed by atoms with Crippen molar-refractivity contribution in [2.45, 2.75) is 57.8 Å². The first-order chi connectivity index (χ1) is 34.5. The molecule has 0 N–H and O–H groups in total. The zero-order valence-electron chi connectivity index (χ0n) is 41.2. The summed E-state index contributed by atoms with van der Waals surface area (Å²) in [5.41, 5.74) is 28.0. The molecule has 0 aliphatic heterocycles. The van der Waals surface area contributed by atoms with Crippen LogP contribution in [0.1, 0.15) is 74.9 Å². The number of rotatable bonds is 6. The van der Waals surface area contributed by atoms with Gasteiger partial charge in [-0.05, 0) is 156 Å². The molecule has 0 radical (unpaired) electrons. The van der Waals surface area contributed by atoms with Crippen molar-refractivity contribution in [3.8, 4) is 61.3 Å². The number of hydrogen-bond acceptors (Lipinski definition) is 1. The number of para-hydroxylation sites is 1. The first kappa shape index (κ1) is 41.7. The molecule has 11 aromatic rings. The monoisotopic (exact) mass is 910 g/mol. The summed E-state index contributed by atoms with van der Waals surface area (Å²) in [5, 5.41) is 2.51. The first-order valence-corrected chi connectivity index (χ1v) is 25.3. The van der Waals surface area contributed by atoms with Crippen molar-refractivity contribution in [1.29, 1.82) is 0 Å². The molecular weight excluding hydrogens is 857 g/mol. The van der Waals surface area contributed by atoms with Crippen LogP contribution in [0.5, 0.6) is 0 Å². The fourth-order valence-corrected chi connectivity index (χ4v) is 13.1. The van der Waals surface area contributed by atoms with Crippen LogP contribution < -0.4 is 4.90 Å². The van der Waals surface area contributed by atoms with E-state index in [0.717, 1.165) is 17.1 Å². The molecular formula is C69H54N2. The number of benzene rings is 10. The van der Waals surface area contributed by atoms with Crippen molar-refractivity contribution in [2.24, 2.45) is 0 Å². The minimum Gasteiger partial charge on any atom is -0.310 e. The molecule has 0 bridgehead atoms. The van der Waals surface area contributed by atoms with Gasteiger partial charge in [-0.25, -0.2) is 0 Å². The van der Waals surface area contributed by atoms with Crippen LogP contribution >= 0.6 is 0 Å². The summed E-state index contributed by atoms with van der Waals surface area (Å²) in [6, 6.07) is 81.9. The Balaban J connectivity index is 0.873. The molecule has 0 unspecified atom stereocenters. The SMILES string of the molecule is CC1(C)c2ccccc2-c2ccc(N(c3ccc(-c4ccccc4)cc3)c3ccc(-c4ccc5c(c4)c4ccccc4n5-c4cccc5c4-c4cc6c(cc4C5(C)C)-c4ccccc4C6(C)C)cc3)cc21. The molecule has 0 amide bonds. The lowest BCUT2D eigenvalue weighted by Gasteiger charge is -2.28. The second kappa shape index (κ2) is 14.9. The predicted molar refractivity (Wildman–Crippen MR) is 299 cm³/mol. The van der Waals surface area contributed by atoms with Crippen LogP contribution in [0.25, 0.3) is 83.1 Å². The van der Waals surface area contributed by atoms with Crippen molar-refractivity contribution in [2.75, 3.05) is 4.90 Å². The van der Waals surface area contributed by atoms with Gasteiger partial charge in [-0.15, -0.1) is 0 Å². The lowest BCUT2D eigenvalue weighted by atomic mass is 9.79. The van der Waals surface area contributed by atoms with Gasteiger partial charge in [0.25, 0.3) is 0 Å². The Morgan fingerprint density at radius 2 is 0.775 bits per heavy atom. The molecule has 0 atom stereocenters. The van der Waals surface area contributed by atoms with Gasteiger partial charge in [0.05, 0.1) is 16.7 Å². The standard InChI is InChI=1S/C69H54N2/c1-67(2)57-22-13-10-19-50(57)52-37-36-49(40-60(52)67)70(47-32-27-44(28-33-47)43-17-8-7-9-18-43)48-34-29-45(30-35-48)46-31-38-64-55(39-46)53-21-12-15-25-63(53)71(64)65-26-16-24-59-66(65)56-42-61-54(41-62(56)69(59,5)6)51-20-11-14-23-58(51)68(61,3)4/h7-42H,1-6H3. The molecule has 0 fully saturated rings. The second-order valence-electron chi connectivity index (χ2n) is 21.7. The minimum atomic E-state index is -0.153. The molecule has 3 aliphatic rings. The fraction of sp³-hybridized carbons (Fsp3) is 0.130. The Morgan fingerprint density at radius 3 is 1.48 bits per heavy atom. The van der Waals surface area contributed by atoms with E-state index in [2.05, 4.69) is 269 Å². The molecule has 2 heteroatoms. The van der Waals surface area contributed by atoms with Crippen LogP contribution in [0.2, 0.25) is 0 Å². The van der Waals surface area contributed by atoms with Crippen molar-refractivity contribution >= 4 is 38.9 Å². The molecule has 0 saturated heterocycles. The largest absolute Gasteiger partial charge is 0.310 e. The van der Waals surface area contributed by atoms with E-state index in [-0.39, 0.29) is 16.2 Å². The van der Waals surface area contributed by atoms with Gasteiger partial charge < -0.3 is 9.47 Å². The van der Waals surface area contributed by atoms with Gasteiger partial charge in [-0.3, -0.25) is 0 Å².